The lowest BCUT2D eigenvalue weighted by Gasteiger charge is -2.12. The minimum Gasteiger partial charge on any atom is -0.353 e. The van der Waals surface area contributed by atoms with Gasteiger partial charge in [-0.05, 0) is 43.5 Å². The van der Waals surface area contributed by atoms with E-state index in [1.165, 1.54) is 31.2 Å². The van der Waals surface area contributed by atoms with Crippen LogP contribution in [0.1, 0.15) is 55.1 Å². The molecule has 0 unspecified atom stereocenters. The molecule has 1 saturated carbocycles. The number of rotatable bonds is 7. The van der Waals surface area contributed by atoms with Gasteiger partial charge in [-0.2, -0.15) is 5.10 Å². The summed E-state index contributed by atoms with van der Waals surface area (Å²) in [4.78, 5) is 24.4. The van der Waals surface area contributed by atoms with Crippen LogP contribution in [0.25, 0.3) is 5.69 Å². The van der Waals surface area contributed by atoms with E-state index in [-0.39, 0.29) is 36.6 Å². The molecule has 7 heteroatoms. The Morgan fingerprint density at radius 3 is 2.59 bits per heavy atom. The summed E-state index contributed by atoms with van der Waals surface area (Å²) < 4.78 is 14.8. The van der Waals surface area contributed by atoms with Crippen molar-refractivity contribution in [3.8, 4) is 5.69 Å². The first-order valence-corrected chi connectivity index (χ1v) is 9.49. The van der Waals surface area contributed by atoms with Crippen LogP contribution in [-0.4, -0.2) is 34.2 Å². The molecule has 1 aromatic heterocycles. The van der Waals surface area contributed by atoms with Crippen molar-refractivity contribution in [1.29, 1.82) is 0 Å². The third-order valence-electron chi connectivity index (χ3n) is 4.88. The molecule has 2 amide bonds. The zero-order chi connectivity index (χ0) is 19.2. The maximum Gasteiger partial charge on any atom is 0.254 e. The summed E-state index contributed by atoms with van der Waals surface area (Å²) in [6.07, 6.45) is 6.79. The van der Waals surface area contributed by atoms with Gasteiger partial charge in [0.2, 0.25) is 5.91 Å². The lowest BCUT2D eigenvalue weighted by atomic mass is 10.2. The van der Waals surface area contributed by atoms with Crippen molar-refractivity contribution in [2.24, 2.45) is 0 Å². The highest BCUT2D eigenvalue weighted by molar-refractivity contribution is 5.95. The predicted octanol–water partition coefficient (Wildman–Crippen LogP) is 2.75. The molecule has 0 bridgehead atoms. The Hall–Kier alpha value is -2.70. The van der Waals surface area contributed by atoms with Gasteiger partial charge in [-0.15, -0.1) is 0 Å². The van der Waals surface area contributed by atoms with E-state index in [0.717, 1.165) is 18.5 Å². The molecule has 144 valence electrons. The van der Waals surface area contributed by atoms with Crippen LogP contribution >= 0.6 is 0 Å². The molecule has 0 radical (unpaired) electrons. The Bertz CT molecular complexity index is 795. The van der Waals surface area contributed by atoms with E-state index in [0.29, 0.717) is 17.7 Å². The van der Waals surface area contributed by atoms with Crippen LogP contribution in [0.5, 0.6) is 0 Å². The molecule has 0 spiro atoms. The minimum atomic E-state index is -0.321. The maximum atomic E-state index is 13.1. The third kappa shape index (κ3) is 4.72. The van der Waals surface area contributed by atoms with Crippen molar-refractivity contribution in [1.82, 2.24) is 20.4 Å². The number of benzene rings is 1. The number of halogens is 1. The van der Waals surface area contributed by atoms with E-state index >= 15 is 0 Å². The Labute approximate surface area is 158 Å². The monoisotopic (exact) mass is 372 g/mol. The number of hydrogen-bond donors (Lipinski definition) is 2. The number of aromatic nitrogens is 2. The highest BCUT2D eigenvalue weighted by atomic mass is 19.1. The van der Waals surface area contributed by atoms with Crippen molar-refractivity contribution >= 4 is 11.8 Å². The van der Waals surface area contributed by atoms with Gasteiger partial charge in [0.15, 0.2) is 0 Å². The van der Waals surface area contributed by atoms with E-state index in [2.05, 4.69) is 15.7 Å². The van der Waals surface area contributed by atoms with Gasteiger partial charge in [0.1, 0.15) is 5.82 Å². The van der Waals surface area contributed by atoms with Crippen molar-refractivity contribution in [2.45, 2.75) is 51.5 Å². The standard InChI is InChI=1S/C20H25FN4O2/c1-2-18-17(13-23-25(18)16-9-7-14(21)8-10-16)20(27)22-12-11-19(26)24-15-5-3-4-6-15/h7-10,13,15H,2-6,11-12H2,1H3,(H,22,27)(H,24,26). The molecule has 1 fully saturated rings. The van der Waals surface area contributed by atoms with Crippen molar-refractivity contribution < 1.29 is 14.0 Å². The number of carbonyl (C=O) groups excluding carboxylic acids is 2. The van der Waals surface area contributed by atoms with Gasteiger partial charge < -0.3 is 10.6 Å². The highest BCUT2D eigenvalue weighted by Crippen LogP contribution is 2.18. The second kappa shape index (κ2) is 8.79. The highest BCUT2D eigenvalue weighted by Gasteiger charge is 2.19. The van der Waals surface area contributed by atoms with E-state index < -0.39 is 0 Å². The van der Waals surface area contributed by atoms with E-state index in [1.54, 1.807) is 16.8 Å². The molecule has 27 heavy (non-hydrogen) atoms. The van der Waals surface area contributed by atoms with E-state index in [1.807, 2.05) is 6.92 Å². The Balaban J connectivity index is 1.58. The van der Waals surface area contributed by atoms with Gasteiger partial charge in [-0.1, -0.05) is 19.8 Å². The average Bonchev–Trinajstić information content (AvgIpc) is 3.31. The largest absolute Gasteiger partial charge is 0.353 e. The van der Waals surface area contributed by atoms with Crippen LogP contribution in [0, 0.1) is 5.82 Å². The summed E-state index contributed by atoms with van der Waals surface area (Å²) in [6.45, 7) is 2.21. The molecule has 0 atom stereocenters. The molecule has 2 aromatic rings. The van der Waals surface area contributed by atoms with Crippen molar-refractivity contribution in [2.75, 3.05) is 6.54 Å². The zero-order valence-corrected chi connectivity index (χ0v) is 15.5. The molecule has 1 aliphatic carbocycles. The molecule has 1 aromatic carbocycles. The predicted molar refractivity (Wildman–Crippen MR) is 100 cm³/mol. The number of nitrogens with zero attached hydrogens (tertiary/aromatic N) is 2. The van der Waals surface area contributed by atoms with Gasteiger partial charge in [0.25, 0.3) is 5.91 Å². The van der Waals surface area contributed by atoms with Crippen molar-refractivity contribution in [3.05, 3.63) is 47.5 Å². The van der Waals surface area contributed by atoms with Gasteiger partial charge in [-0.25, -0.2) is 9.07 Å². The van der Waals surface area contributed by atoms with E-state index in [4.69, 9.17) is 0 Å². The fraction of sp³-hybridized carbons (Fsp3) is 0.450. The number of nitrogens with one attached hydrogen (secondary N) is 2. The smallest absolute Gasteiger partial charge is 0.254 e. The van der Waals surface area contributed by atoms with Crippen LogP contribution in [-0.2, 0) is 11.2 Å². The normalized spacial score (nSPS) is 14.3. The van der Waals surface area contributed by atoms with Crippen LogP contribution < -0.4 is 10.6 Å². The minimum absolute atomic E-state index is 0.0278. The molecule has 0 saturated heterocycles. The SMILES string of the molecule is CCc1c(C(=O)NCCC(=O)NC2CCCC2)cnn1-c1ccc(F)cc1. The molecule has 3 rings (SSSR count). The number of carbonyl (C=O) groups is 2. The topological polar surface area (TPSA) is 76.0 Å². The second-order valence-corrected chi connectivity index (χ2v) is 6.80. The van der Waals surface area contributed by atoms with Gasteiger partial charge in [0, 0.05) is 19.0 Å². The van der Waals surface area contributed by atoms with Crippen LogP contribution in [0.3, 0.4) is 0 Å². The Kier molecular flexibility index (Phi) is 6.21. The first-order valence-electron chi connectivity index (χ1n) is 9.49. The molecule has 2 N–H and O–H groups in total. The molecule has 1 heterocycles. The zero-order valence-electron chi connectivity index (χ0n) is 15.5. The van der Waals surface area contributed by atoms with Crippen LogP contribution in [0.15, 0.2) is 30.5 Å². The first-order chi connectivity index (χ1) is 13.1. The third-order valence-corrected chi connectivity index (χ3v) is 4.88. The molecule has 0 aliphatic heterocycles. The summed E-state index contributed by atoms with van der Waals surface area (Å²) >= 11 is 0. The van der Waals surface area contributed by atoms with E-state index in [9.17, 15) is 14.0 Å². The fourth-order valence-corrected chi connectivity index (χ4v) is 3.46. The summed E-state index contributed by atoms with van der Waals surface area (Å²) in [5.41, 5.74) is 1.91. The second-order valence-electron chi connectivity index (χ2n) is 6.80. The summed E-state index contributed by atoms with van der Waals surface area (Å²) in [5, 5.41) is 10.1. The van der Waals surface area contributed by atoms with Gasteiger partial charge >= 0.3 is 0 Å². The van der Waals surface area contributed by atoms with Crippen LogP contribution in [0.4, 0.5) is 4.39 Å². The summed E-state index contributed by atoms with van der Waals surface area (Å²) in [7, 11) is 0. The Morgan fingerprint density at radius 2 is 1.93 bits per heavy atom. The van der Waals surface area contributed by atoms with Gasteiger partial charge in [0.05, 0.1) is 23.1 Å². The first kappa shape index (κ1) is 19.1. The summed E-state index contributed by atoms with van der Waals surface area (Å²) in [6, 6.07) is 6.25. The lowest BCUT2D eigenvalue weighted by molar-refractivity contribution is -0.121. The quantitative estimate of drug-likeness (QED) is 0.785. The van der Waals surface area contributed by atoms with Gasteiger partial charge in [-0.3, -0.25) is 9.59 Å². The molecule has 1 aliphatic rings. The maximum absolute atomic E-state index is 13.1. The average molecular weight is 372 g/mol. The Morgan fingerprint density at radius 1 is 1.22 bits per heavy atom. The fourth-order valence-electron chi connectivity index (χ4n) is 3.46. The molecule has 6 nitrogen and oxygen atoms in total. The van der Waals surface area contributed by atoms with Crippen molar-refractivity contribution in [3.63, 3.8) is 0 Å². The lowest BCUT2D eigenvalue weighted by Crippen LogP contribution is -2.35. The number of hydrogen-bond acceptors (Lipinski definition) is 3. The number of amides is 2. The van der Waals surface area contributed by atoms with Crippen LogP contribution in [0.2, 0.25) is 0 Å². The molecular weight excluding hydrogens is 347 g/mol. The summed E-state index contributed by atoms with van der Waals surface area (Å²) in [5.74, 6) is -0.605. The molecular formula is C20H25FN4O2.